The fourth-order valence-electron chi connectivity index (χ4n) is 3.12. The van der Waals surface area contributed by atoms with Crippen LogP contribution < -0.4 is 15.0 Å². The maximum Gasteiger partial charge on any atom is 0.277 e. The Morgan fingerprint density at radius 3 is 2.76 bits per heavy atom. The lowest BCUT2D eigenvalue weighted by molar-refractivity contribution is -0.885. The molecule has 25 heavy (non-hydrogen) atoms. The van der Waals surface area contributed by atoms with Crippen molar-refractivity contribution in [1.82, 2.24) is 10.2 Å². The number of nitrogens with one attached hydrogen (secondary N) is 2. The van der Waals surface area contributed by atoms with Gasteiger partial charge in [-0.05, 0) is 34.5 Å². The van der Waals surface area contributed by atoms with E-state index in [0.29, 0.717) is 26.2 Å². The molecule has 0 aliphatic carbocycles. The average molecular weight is 342 g/mol. The van der Waals surface area contributed by atoms with E-state index < -0.39 is 0 Å². The summed E-state index contributed by atoms with van der Waals surface area (Å²) in [7, 11) is 3.47. The second-order valence-corrected chi connectivity index (χ2v) is 6.50. The number of methoxy groups -OCH3 is 1. The Labute approximate surface area is 147 Å². The Hall–Kier alpha value is -2.60. The Balaban J connectivity index is 1.63. The fraction of sp³-hybridized carbons (Fsp3) is 0.368. The van der Waals surface area contributed by atoms with Crippen LogP contribution in [0.25, 0.3) is 10.8 Å². The number of fused-ring (bicyclic) bond motifs is 1. The molecule has 6 heteroatoms. The lowest BCUT2D eigenvalue weighted by Crippen LogP contribution is -3.16. The van der Waals surface area contributed by atoms with Crippen LogP contribution in [0.2, 0.25) is 0 Å². The van der Waals surface area contributed by atoms with Gasteiger partial charge < -0.3 is 19.9 Å². The predicted molar refractivity (Wildman–Crippen MR) is 95.5 cm³/mol. The molecule has 0 spiro atoms. The van der Waals surface area contributed by atoms with Crippen molar-refractivity contribution in [3.05, 3.63) is 42.0 Å². The van der Waals surface area contributed by atoms with E-state index in [1.165, 1.54) is 0 Å². The van der Waals surface area contributed by atoms with E-state index in [1.54, 1.807) is 12.0 Å². The third kappa shape index (κ3) is 4.28. The Morgan fingerprint density at radius 2 is 2.00 bits per heavy atom. The number of amides is 2. The molecule has 1 heterocycles. The number of nitrogens with zero attached hydrogens (tertiary/aromatic N) is 1. The molecule has 2 aromatic rings. The summed E-state index contributed by atoms with van der Waals surface area (Å²) in [6, 6.07) is 12.1. The van der Waals surface area contributed by atoms with E-state index in [2.05, 4.69) is 11.4 Å². The molecule has 0 bridgehead atoms. The van der Waals surface area contributed by atoms with Gasteiger partial charge in [0.25, 0.3) is 11.8 Å². The Bertz CT molecular complexity index is 791. The van der Waals surface area contributed by atoms with Gasteiger partial charge in [0, 0.05) is 13.6 Å². The monoisotopic (exact) mass is 342 g/mol. The summed E-state index contributed by atoms with van der Waals surface area (Å²) in [4.78, 5) is 26.6. The SMILES string of the molecule is COc1ccc2cc(CN(C)C(=O)C[NH+]3CCNC(=O)C3)ccc2c1. The maximum atomic E-state index is 12.4. The molecule has 6 nitrogen and oxygen atoms in total. The normalized spacial score (nSPS) is 17.2. The third-order valence-corrected chi connectivity index (χ3v) is 4.57. The molecule has 132 valence electrons. The summed E-state index contributed by atoms with van der Waals surface area (Å²) in [5.74, 6) is 0.905. The topological polar surface area (TPSA) is 63.1 Å². The zero-order valence-corrected chi connectivity index (χ0v) is 14.7. The van der Waals surface area contributed by atoms with Crippen molar-refractivity contribution < 1.29 is 19.2 Å². The summed E-state index contributed by atoms with van der Waals surface area (Å²) >= 11 is 0. The highest BCUT2D eigenvalue weighted by molar-refractivity contribution is 5.85. The summed E-state index contributed by atoms with van der Waals surface area (Å²) < 4.78 is 5.24. The number of piperazine rings is 1. The van der Waals surface area contributed by atoms with E-state index in [-0.39, 0.29) is 11.8 Å². The molecular weight excluding hydrogens is 318 g/mol. The molecule has 1 aliphatic heterocycles. The van der Waals surface area contributed by atoms with Crippen molar-refractivity contribution in [2.45, 2.75) is 6.54 Å². The van der Waals surface area contributed by atoms with E-state index in [4.69, 9.17) is 4.74 Å². The summed E-state index contributed by atoms with van der Waals surface area (Å²) in [6.45, 7) is 2.72. The zero-order valence-electron chi connectivity index (χ0n) is 14.7. The minimum atomic E-state index is 0.0154. The van der Waals surface area contributed by atoms with Crippen molar-refractivity contribution in [3.8, 4) is 5.75 Å². The molecule has 2 aromatic carbocycles. The molecule has 2 amide bonds. The molecule has 1 saturated heterocycles. The lowest BCUT2D eigenvalue weighted by atomic mass is 10.1. The van der Waals surface area contributed by atoms with Crippen molar-refractivity contribution in [2.24, 2.45) is 0 Å². The Kier molecular flexibility index (Phi) is 5.19. The van der Waals surface area contributed by atoms with Crippen LogP contribution >= 0.6 is 0 Å². The first-order chi connectivity index (χ1) is 12.0. The standard InChI is InChI=1S/C19H23N3O3/c1-21(19(24)13-22-8-7-20-18(23)12-22)11-14-3-4-16-10-17(25-2)6-5-15(16)9-14/h3-6,9-10H,7-8,11-13H2,1-2H3,(H,20,23)/p+1. The summed E-state index contributed by atoms with van der Waals surface area (Å²) in [6.07, 6.45) is 0. The minimum Gasteiger partial charge on any atom is -0.497 e. The molecule has 0 saturated carbocycles. The second kappa shape index (κ2) is 7.53. The molecule has 1 fully saturated rings. The minimum absolute atomic E-state index is 0.0154. The highest BCUT2D eigenvalue weighted by atomic mass is 16.5. The molecule has 2 N–H and O–H groups in total. The first-order valence-electron chi connectivity index (χ1n) is 8.46. The van der Waals surface area contributed by atoms with Gasteiger partial charge in [0.05, 0.1) is 20.2 Å². The van der Waals surface area contributed by atoms with Gasteiger partial charge in [-0.1, -0.05) is 18.2 Å². The molecule has 1 unspecified atom stereocenters. The van der Waals surface area contributed by atoms with Gasteiger partial charge in [0.1, 0.15) is 5.75 Å². The number of hydrogen-bond donors (Lipinski definition) is 2. The number of rotatable bonds is 5. The van der Waals surface area contributed by atoms with Gasteiger partial charge in [0.15, 0.2) is 13.1 Å². The number of carbonyl (C=O) groups excluding carboxylic acids is 2. The van der Waals surface area contributed by atoms with Crippen molar-refractivity contribution in [3.63, 3.8) is 0 Å². The highest BCUT2D eigenvalue weighted by Crippen LogP contribution is 2.22. The zero-order chi connectivity index (χ0) is 17.8. The summed E-state index contributed by atoms with van der Waals surface area (Å²) in [5.41, 5.74) is 1.08. The smallest absolute Gasteiger partial charge is 0.277 e. The summed E-state index contributed by atoms with van der Waals surface area (Å²) in [5, 5.41) is 5.02. The van der Waals surface area contributed by atoms with Crippen LogP contribution in [-0.4, -0.2) is 57.1 Å². The predicted octanol–water partition coefficient (Wildman–Crippen LogP) is -0.178. The van der Waals surface area contributed by atoms with Crippen LogP contribution in [0.1, 0.15) is 5.56 Å². The lowest BCUT2D eigenvalue weighted by Gasteiger charge is -2.25. The number of carbonyl (C=O) groups is 2. The van der Waals surface area contributed by atoms with E-state index >= 15 is 0 Å². The molecule has 0 aromatic heterocycles. The first-order valence-corrected chi connectivity index (χ1v) is 8.46. The fourth-order valence-corrected chi connectivity index (χ4v) is 3.12. The Morgan fingerprint density at radius 1 is 1.24 bits per heavy atom. The second-order valence-electron chi connectivity index (χ2n) is 6.50. The van der Waals surface area contributed by atoms with Crippen molar-refractivity contribution in [1.29, 1.82) is 0 Å². The quantitative estimate of drug-likeness (QED) is 0.793. The molecule has 0 radical (unpaired) electrons. The molecule has 1 atom stereocenters. The first kappa shape index (κ1) is 17.2. The number of ether oxygens (including phenoxy) is 1. The van der Waals surface area contributed by atoms with Gasteiger partial charge in [-0.25, -0.2) is 0 Å². The van der Waals surface area contributed by atoms with Gasteiger partial charge in [-0.15, -0.1) is 0 Å². The van der Waals surface area contributed by atoms with Crippen LogP contribution in [0.4, 0.5) is 0 Å². The number of likely N-dealkylation sites (N-methyl/N-ethyl adjacent to an activating group) is 1. The van der Waals surface area contributed by atoms with Crippen LogP contribution in [0.3, 0.4) is 0 Å². The van der Waals surface area contributed by atoms with Crippen molar-refractivity contribution in [2.75, 3.05) is 40.3 Å². The molecule has 1 aliphatic rings. The average Bonchev–Trinajstić information content (AvgIpc) is 2.61. The number of benzene rings is 2. The van der Waals surface area contributed by atoms with Gasteiger partial charge >= 0.3 is 0 Å². The molecule has 3 rings (SSSR count). The van der Waals surface area contributed by atoms with Crippen LogP contribution in [0, 0.1) is 0 Å². The largest absolute Gasteiger partial charge is 0.497 e. The van der Waals surface area contributed by atoms with Crippen LogP contribution in [-0.2, 0) is 16.1 Å². The number of quaternary nitrogens is 1. The molecular formula is C19H24N3O3+. The van der Waals surface area contributed by atoms with Gasteiger partial charge in [0.2, 0.25) is 0 Å². The van der Waals surface area contributed by atoms with Gasteiger partial charge in [-0.3, -0.25) is 9.59 Å². The third-order valence-electron chi connectivity index (χ3n) is 4.57. The van der Waals surface area contributed by atoms with Crippen molar-refractivity contribution >= 4 is 22.6 Å². The maximum absolute atomic E-state index is 12.4. The van der Waals surface area contributed by atoms with Gasteiger partial charge in [-0.2, -0.15) is 0 Å². The van der Waals surface area contributed by atoms with E-state index in [1.807, 2.05) is 37.4 Å². The van der Waals surface area contributed by atoms with Crippen LogP contribution in [0.15, 0.2) is 36.4 Å². The highest BCUT2D eigenvalue weighted by Gasteiger charge is 2.23. The van der Waals surface area contributed by atoms with E-state index in [9.17, 15) is 9.59 Å². The van der Waals surface area contributed by atoms with Crippen LogP contribution in [0.5, 0.6) is 5.75 Å². The van der Waals surface area contributed by atoms with E-state index in [0.717, 1.165) is 33.5 Å². The number of hydrogen-bond acceptors (Lipinski definition) is 3.